The average molecular weight is 336 g/mol. The largest absolute Gasteiger partial charge is 0.457 e. The van der Waals surface area contributed by atoms with E-state index in [1.54, 1.807) is 24.3 Å². The molecule has 0 saturated carbocycles. The minimum Gasteiger partial charge on any atom is -0.457 e. The molecule has 5 N–H and O–H groups in total. The quantitative estimate of drug-likeness (QED) is 0.727. The van der Waals surface area contributed by atoms with Crippen molar-refractivity contribution in [3.05, 3.63) is 65.7 Å². The molecule has 2 aromatic carbocycles. The summed E-state index contributed by atoms with van der Waals surface area (Å²) in [7, 11) is 0. The number of benzene rings is 2. The number of para-hydroxylation sites is 1. The average Bonchev–Trinajstić information content (AvgIpc) is 2.64. The highest BCUT2D eigenvalue weighted by atomic mass is 16.5. The van der Waals surface area contributed by atoms with Gasteiger partial charge in [0.1, 0.15) is 22.9 Å². The molecule has 0 atom stereocenters. The van der Waals surface area contributed by atoms with Gasteiger partial charge in [0.15, 0.2) is 0 Å². The van der Waals surface area contributed by atoms with Crippen molar-refractivity contribution in [3.8, 4) is 11.5 Å². The van der Waals surface area contributed by atoms with E-state index in [0.717, 1.165) is 18.7 Å². The van der Waals surface area contributed by atoms with Crippen LogP contribution >= 0.6 is 0 Å². The second-order valence-electron chi connectivity index (χ2n) is 5.60. The lowest BCUT2D eigenvalue weighted by Gasteiger charge is -2.17. The number of nitrogens with one attached hydrogen (secondary N) is 1. The summed E-state index contributed by atoms with van der Waals surface area (Å²) in [6, 6.07) is 16.7. The number of carbonyl (C=O) groups is 1. The molecule has 0 fully saturated rings. The van der Waals surface area contributed by atoms with Crippen molar-refractivity contribution in [2.45, 2.75) is 6.42 Å². The molecule has 6 nitrogen and oxygen atoms in total. The van der Waals surface area contributed by atoms with E-state index in [1.807, 2.05) is 30.3 Å². The molecule has 25 heavy (non-hydrogen) atoms. The van der Waals surface area contributed by atoms with E-state index in [0.29, 0.717) is 29.4 Å². The normalized spacial score (nSPS) is 14.8. The summed E-state index contributed by atoms with van der Waals surface area (Å²) in [5.74, 6) is 1.28. The van der Waals surface area contributed by atoms with Crippen LogP contribution in [0.25, 0.3) is 5.70 Å². The summed E-state index contributed by atoms with van der Waals surface area (Å²) in [6.45, 7) is 1.39. The Morgan fingerprint density at radius 2 is 1.68 bits per heavy atom. The zero-order chi connectivity index (χ0) is 17.6. The number of amides is 1. The molecule has 128 valence electrons. The van der Waals surface area contributed by atoms with Gasteiger partial charge in [-0.1, -0.05) is 18.2 Å². The SMILES string of the molecule is NC(=O)C(C1=NCCCN1)=C(N)c1ccc(Oc2ccccc2)cc1. The number of carbonyl (C=O) groups excluding carboxylic acids is 1. The number of ether oxygens (including phenoxy) is 1. The number of amidine groups is 1. The van der Waals surface area contributed by atoms with Gasteiger partial charge in [-0.25, -0.2) is 0 Å². The maximum absolute atomic E-state index is 11.9. The molecule has 0 unspecified atom stereocenters. The maximum atomic E-state index is 11.9. The van der Waals surface area contributed by atoms with Crippen molar-refractivity contribution < 1.29 is 9.53 Å². The van der Waals surface area contributed by atoms with Crippen LogP contribution in [-0.4, -0.2) is 24.8 Å². The Morgan fingerprint density at radius 3 is 2.28 bits per heavy atom. The van der Waals surface area contributed by atoms with Crippen LogP contribution in [0.1, 0.15) is 12.0 Å². The summed E-state index contributed by atoms with van der Waals surface area (Å²) in [4.78, 5) is 16.2. The Morgan fingerprint density at radius 1 is 1.00 bits per heavy atom. The Kier molecular flexibility index (Phi) is 4.99. The van der Waals surface area contributed by atoms with E-state index in [9.17, 15) is 4.79 Å². The molecule has 1 heterocycles. The molecule has 0 saturated heterocycles. The van der Waals surface area contributed by atoms with Crippen LogP contribution in [-0.2, 0) is 4.79 Å². The molecule has 0 aliphatic carbocycles. The number of primary amides is 1. The first kappa shape index (κ1) is 16.6. The lowest BCUT2D eigenvalue weighted by molar-refractivity contribution is -0.114. The molecule has 0 aromatic heterocycles. The first-order valence-electron chi connectivity index (χ1n) is 8.07. The van der Waals surface area contributed by atoms with Gasteiger partial charge < -0.3 is 21.5 Å². The summed E-state index contributed by atoms with van der Waals surface area (Å²) in [5.41, 5.74) is 12.9. The first-order valence-corrected chi connectivity index (χ1v) is 8.07. The fourth-order valence-electron chi connectivity index (χ4n) is 2.55. The maximum Gasteiger partial charge on any atom is 0.254 e. The predicted octanol–water partition coefficient (Wildman–Crippen LogP) is 2.03. The highest BCUT2D eigenvalue weighted by Crippen LogP contribution is 2.23. The molecule has 3 rings (SSSR count). The van der Waals surface area contributed by atoms with Gasteiger partial charge in [0.25, 0.3) is 5.91 Å². The van der Waals surface area contributed by atoms with Crippen molar-refractivity contribution in [2.24, 2.45) is 16.5 Å². The molecular formula is C19H20N4O2. The number of nitrogens with zero attached hydrogens (tertiary/aromatic N) is 1. The minimum absolute atomic E-state index is 0.219. The molecule has 0 bridgehead atoms. The van der Waals surface area contributed by atoms with Gasteiger partial charge in [-0.05, 0) is 48.4 Å². The zero-order valence-electron chi connectivity index (χ0n) is 13.7. The monoisotopic (exact) mass is 336 g/mol. The highest BCUT2D eigenvalue weighted by Gasteiger charge is 2.20. The van der Waals surface area contributed by atoms with Crippen LogP contribution in [0.4, 0.5) is 0 Å². The van der Waals surface area contributed by atoms with Gasteiger partial charge >= 0.3 is 0 Å². The number of aliphatic imine (C=N–C) groups is 1. The second-order valence-corrected chi connectivity index (χ2v) is 5.60. The Balaban J connectivity index is 1.86. The van der Waals surface area contributed by atoms with E-state index < -0.39 is 5.91 Å². The smallest absolute Gasteiger partial charge is 0.254 e. The van der Waals surface area contributed by atoms with E-state index in [-0.39, 0.29) is 5.57 Å². The van der Waals surface area contributed by atoms with Crippen LogP contribution in [0, 0.1) is 0 Å². The molecule has 1 amide bonds. The van der Waals surface area contributed by atoms with E-state index in [1.165, 1.54) is 0 Å². The highest BCUT2D eigenvalue weighted by molar-refractivity contribution is 6.25. The number of hydrogen-bond acceptors (Lipinski definition) is 5. The van der Waals surface area contributed by atoms with Crippen molar-refractivity contribution in [2.75, 3.05) is 13.1 Å². The topological polar surface area (TPSA) is 103 Å². The molecule has 1 aliphatic rings. The number of nitrogens with two attached hydrogens (primary N) is 2. The third kappa shape index (κ3) is 3.98. The van der Waals surface area contributed by atoms with Gasteiger partial charge in [0.2, 0.25) is 0 Å². The predicted molar refractivity (Wildman–Crippen MR) is 98.2 cm³/mol. The summed E-state index contributed by atoms with van der Waals surface area (Å²) in [5, 5.41) is 3.08. The van der Waals surface area contributed by atoms with E-state index in [2.05, 4.69) is 10.3 Å². The third-order valence-corrected chi connectivity index (χ3v) is 3.79. The first-order chi connectivity index (χ1) is 12.1. The van der Waals surface area contributed by atoms with Crippen LogP contribution in [0.15, 0.2) is 65.2 Å². The Hall–Kier alpha value is -3.28. The van der Waals surface area contributed by atoms with Crippen molar-refractivity contribution >= 4 is 17.4 Å². The molecule has 0 radical (unpaired) electrons. The third-order valence-electron chi connectivity index (χ3n) is 3.79. The minimum atomic E-state index is -0.602. The zero-order valence-corrected chi connectivity index (χ0v) is 13.7. The van der Waals surface area contributed by atoms with Crippen molar-refractivity contribution in [1.82, 2.24) is 5.32 Å². The Labute approximate surface area is 146 Å². The Bertz CT molecular complexity index is 811. The van der Waals surface area contributed by atoms with Gasteiger partial charge in [0.05, 0.1) is 5.70 Å². The van der Waals surface area contributed by atoms with Crippen LogP contribution in [0.5, 0.6) is 11.5 Å². The van der Waals surface area contributed by atoms with Gasteiger partial charge in [-0.2, -0.15) is 0 Å². The van der Waals surface area contributed by atoms with Gasteiger partial charge in [-0.15, -0.1) is 0 Å². The number of rotatable bonds is 5. The standard InChI is InChI=1S/C19H20N4O2/c20-17(16(18(21)24)19-22-11-4-12-23-19)13-7-9-15(10-8-13)25-14-5-2-1-3-6-14/h1-3,5-10H,4,11-12,20H2,(H2,21,24)(H,22,23). The molecular weight excluding hydrogens is 316 g/mol. The van der Waals surface area contributed by atoms with Crippen molar-refractivity contribution in [1.29, 1.82) is 0 Å². The van der Waals surface area contributed by atoms with Gasteiger partial charge in [0, 0.05) is 13.1 Å². The van der Waals surface area contributed by atoms with Crippen molar-refractivity contribution in [3.63, 3.8) is 0 Å². The second kappa shape index (κ2) is 7.53. The van der Waals surface area contributed by atoms with E-state index in [4.69, 9.17) is 16.2 Å². The molecule has 1 aliphatic heterocycles. The van der Waals surface area contributed by atoms with Crippen LogP contribution in [0.2, 0.25) is 0 Å². The summed E-state index contributed by atoms with van der Waals surface area (Å²) < 4.78 is 5.75. The summed E-state index contributed by atoms with van der Waals surface area (Å²) in [6.07, 6.45) is 0.918. The fraction of sp³-hybridized carbons (Fsp3) is 0.158. The van der Waals surface area contributed by atoms with Gasteiger partial charge in [-0.3, -0.25) is 9.79 Å². The number of hydrogen-bond donors (Lipinski definition) is 3. The summed E-state index contributed by atoms with van der Waals surface area (Å²) >= 11 is 0. The van der Waals surface area contributed by atoms with Crippen LogP contribution in [0.3, 0.4) is 0 Å². The molecule has 0 spiro atoms. The molecule has 2 aromatic rings. The lowest BCUT2D eigenvalue weighted by atomic mass is 10.0. The lowest BCUT2D eigenvalue weighted by Crippen LogP contribution is -2.37. The van der Waals surface area contributed by atoms with E-state index >= 15 is 0 Å². The molecule has 6 heteroatoms. The fourth-order valence-corrected chi connectivity index (χ4v) is 2.55. The van der Waals surface area contributed by atoms with Crippen LogP contribution < -0.4 is 21.5 Å².